The fraction of sp³-hybridized carbons (Fsp3) is 0.286. The van der Waals surface area contributed by atoms with Gasteiger partial charge in [-0.3, -0.25) is 4.79 Å². The molecule has 7 heteroatoms. The number of nitrogens with two attached hydrogens (primary N) is 1. The molecule has 1 saturated heterocycles. The van der Waals surface area contributed by atoms with Crippen LogP contribution in [0.1, 0.15) is 28.1 Å². The van der Waals surface area contributed by atoms with E-state index in [1.165, 1.54) is 17.4 Å². The van der Waals surface area contributed by atoms with Gasteiger partial charge in [-0.1, -0.05) is 24.3 Å². The van der Waals surface area contributed by atoms with E-state index in [-0.39, 0.29) is 36.8 Å². The van der Waals surface area contributed by atoms with Gasteiger partial charge in [-0.2, -0.15) is 0 Å². The van der Waals surface area contributed by atoms with Crippen molar-refractivity contribution in [1.82, 2.24) is 4.90 Å². The van der Waals surface area contributed by atoms with E-state index in [0.717, 1.165) is 17.5 Å². The van der Waals surface area contributed by atoms with Crippen LogP contribution in [-0.2, 0) is 6.61 Å². The van der Waals surface area contributed by atoms with E-state index in [0.29, 0.717) is 34.7 Å². The third-order valence-electron chi connectivity index (χ3n) is 4.91. The van der Waals surface area contributed by atoms with Crippen LogP contribution < -0.4 is 10.5 Å². The minimum atomic E-state index is -0.324. The van der Waals surface area contributed by atoms with E-state index >= 15 is 0 Å². The zero-order valence-electron chi connectivity index (χ0n) is 15.3. The lowest BCUT2D eigenvalue weighted by atomic mass is 10.1. The molecular weight excluding hydrogens is 399 g/mol. The topological polar surface area (TPSA) is 55.6 Å². The Morgan fingerprint density at radius 3 is 2.57 bits per heavy atom. The summed E-state index contributed by atoms with van der Waals surface area (Å²) in [6, 6.07) is 14.4. The molecular formula is C21H22ClFN2O2S. The van der Waals surface area contributed by atoms with Gasteiger partial charge < -0.3 is 15.4 Å². The number of para-hydroxylation sites is 1. The molecule has 1 fully saturated rings. The van der Waals surface area contributed by atoms with E-state index in [4.69, 9.17) is 10.5 Å². The fourth-order valence-corrected chi connectivity index (χ4v) is 4.59. The van der Waals surface area contributed by atoms with Crippen molar-refractivity contribution in [3.8, 4) is 5.75 Å². The summed E-state index contributed by atoms with van der Waals surface area (Å²) in [5.41, 5.74) is 6.58. The Kier molecular flexibility index (Phi) is 6.54. The highest BCUT2D eigenvalue weighted by molar-refractivity contribution is 7.21. The predicted octanol–water partition coefficient (Wildman–Crippen LogP) is 4.60. The normalized spacial score (nSPS) is 14.7. The fourth-order valence-electron chi connectivity index (χ4n) is 3.40. The van der Waals surface area contributed by atoms with Crippen molar-refractivity contribution < 1.29 is 13.9 Å². The van der Waals surface area contributed by atoms with Crippen LogP contribution in [0.4, 0.5) is 4.39 Å². The van der Waals surface area contributed by atoms with Crippen molar-refractivity contribution in [2.75, 3.05) is 13.1 Å². The Bertz CT molecular complexity index is 956. The number of benzene rings is 2. The molecule has 0 radical (unpaired) electrons. The third kappa shape index (κ3) is 4.14. The highest BCUT2D eigenvalue weighted by Gasteiger charge is 2.27. The number of halogens is 2. The first-order valence-electron chi connectivity index (χ1n) is 9.06. The first-order chi connectivity index (χ1) is 13.1. The number of likely N-dealkylation sites (tertiary alicyclic amines) is 1. The maximum Gasteiger partial charge on any atom is 0.264 e. The summed E-state index contributed by atoms with van der Waals surface area (Å²) in [4.78, 5) is 15.5. The van der Waals surface area contributed by atoms with Crippen molar-refractivity contribution in [1.29, 1.82) is 0 Å². The van der Waals surface area contributed by atoms with Crippen LogP contribution in [0, 0.1) is 5.82 Å². The van der Waals surface area contributed by atoms with Crippen LogP contribution in [0.3, 0.4) is 0 Å². The van der Waals surface area contributed by atoms with Gasteiger partial charge in [-0.05, 0) is 37.1 Å². The number of hydrogen-bond acceptors (Lipinski definition) is 4. The van der Waals surface area contributed by atoms with E-state index in [9.17, 15) is 9.18 Å². The number of rotatable bonds is 4. The van der Waals surface area contributed by atoms with E-state index in [2.05, 4.69) is 0 Å². The molecule has 2 N–H and O–H groups in total. The molecule has 28 heavy (non-hydrogen) atoms. The molecule has 4 rings (SSSR count). The van der Waals surface area contributed by atoms with Gasteiger partial charge in [0.1, 0.15) is 18.2 Å². The van der Waals surface area contributed by atoms with Crippen molar-refractivity contribution in [2.24, 2.45) is 5.73 Å². The molecule has 0 aliphatic carbocycles. The maximum absolute atomic E-state index is 14.6. The van der Waals surface area contributed by atoms with Gasteiger partial charge in [-0.15, -0.1) is 23.7 Å². The van der Waals surface area contributed by atoms with E-state index in [1.54, 1.807) is 6.07 Å². The van der Waals surface area contributed by atoms with Crippen LogP contribution in [0.2, 0.25) is 0 Å². The van der Waals surface area contributed by atoms with Gasteiger partial charge in [-0.25, -0.2) is 4.39 Å². The Hall–Kier alpha value is -2.15. The summed E-state index contributed by atoms with van der Waals surface area (Å²) in [7, 11) is 0. The van der Waals surface area contributed by atoms with Crippen LogP contribution in [0.15, 0.2) is 48.5 Å². The van der Waals surface area contributed by atoms with Gasteiger partial charge in [0, 0.05) is 34.8 Å². The summed E-state index contributed by atoms with van der Waals surface area (Å²) >= 11 is 1.33. The quantitative estimate of drug-likeness (QED) is 0.670. The number of piperidine rings is 1. The van der Waals surface area contributed by atoms with Gasteiger partial charge in [0.05, 0.1) is 4.88 Å². The average Bonchev–Trinajstić information content (AvgIpc) is 3.07. The van der Waals surface area contributed by atoms with E-state index < -0.39 is 0 Å². The SMILES string of the molecule is Cl.NC1CCN(C(=O)c2sc3cccc(F)c3c2COc2ccccc2)CC1. The number of carbonyl (C=O) groups is 1. The van der Waals surface area contributed by atoms with Gasteiger partial charge in [0.25, 0.3) is 5.91 Å². The van der Waals surface area contributed by atoms with Gasteiger partial charge >= 0.3 is 0 Å². The lowest BCUT2D eigenvalue weighted by Crippen LogP contribution is -2.42. The molecule has 0 spiro atoms. The minimum Gasteiger partial charge on any atom is -0.489 e. The first-order valence-corrected chi connectivity index (χ1v) is 9.87. The number of thiophene rings is 1. The Morgan fingerprint density at radius 1 is 1.14 bits per heavy atom. The van der Waals surface area contributed by atoms with Gasteiger partial charge in [0.2, 0.25) is 0 Å². The Balaban J connectivity index is 0.00000225. The lowest BCUT2D eigenvalue weighted by Gasteiger charge is -2.30. The van der Waals surface area contributed by atoms with Crippen molar-refractivity contribution in [2.45, 2.75) is 25.5 Å². The van der Waals surface area contributed by atoms with Crippen LogP contribution >= 0.6 is 23.7 Å². The standard InChI is InChI=1S/C21H21FN2O2S.ClH/c22-17-7-4-8-18-19(17)16(13-26-15-5-2-1-3-6-15)20(27-18)21(25)24-11-9-14(23)10-12-24;/h1-8,14H,9-13,23H2;1H. The average molecular weight is 421 g/mol. The number of hydrogen-bond donors (Lipinski definition) is 1. The molecule has 0 saturated carbocycles. The molecule has 0 bridgehead atoms. The van der Waals surface area contributed by atoms with Crippen LogP contribution in [0.5, 0.6) is 5.75 Å². The monoisotopic (exact) mass is 420 g/mol. The molecule has 3 aromatic rings. The zero-order valence-corrected chi connectivity index (χ0v) is 16.9. The second kappa shape index (κ2) is 8.90. The van der Waals surface area contributed by atoms with E-state index in [1.807, 2.05) is 41.3 Å². The van der Waals surface area contributed by atoms with Crippen molar-refractivity contribution in [3.63, 3.8) is 0 Å². The summed E-state index contributed by atoms with van der Waals surface area (Å²) < 4.78 is 21.2. The summed E-state index contributed by atoms with van der Waals surface area (Å²) in [6.45, 7) is 1.42. The van der Waals surface area contributed by atoms with Crippen molar-refractivity contribution >= 4 is 39.7 Å². The Labute approximate surface area is 173 Å². The second-order valence-corrected chi connectivity index (χ2v) is 7.81. The highest BCUT2D eigenvalue weighted by atomic mass is 35.5. The molecule has 1 aliphatic rings. The highest BCUT2D eigenvalue weighted by Crippen LogP contribution is 2.35. The smallest absolute Gasteiger partial charge is 0.264 e. The number of fused-ring (bicyclic) bond motifs is 1. The van der Waals surface area contributed by atoms with Gasteiger partial charge in [0.15, 0.2) is 0 Å². The summed E-state index contributed by atoms with van der Waals surface area (Å²) in [5.74, 6) is 0.305. The second-order valence-electron chi connectivity index (χ2n) is 6.75. The molecule has 2 heterocycles. The number of ether oxygens (including phenoxy) is 1. The third-order valence-corrected chi connectivity index (χ3v) is 6.10. The van der Waals surface area contributed by atoms with Crippen LogP contribution in [-0.4, -0.2) is 29.9 Å². The minimum absolute atomic E-state index is 0. The predicted molar refractivity (Wildman–Crippen MR) is 113 cm³/mol. The lowest BCUT2D eigenvalue weighted by molar-refractivity contribution is 0.0717. The molecule has 148 valence electrons. The molecule has 0 unspecified atom stereocenters. The molecule has 4 nitrogen and oxygen atoms in total. The molecule has 1 aromatic heterocycles. The number of carbonyl (C=O) groups excluding carboxylic acids is 1. The first kappa shape index (κ1) is 20.6. The summed E-state index contributed by atoms with van der Waals surface area (Å²) in [5, 5.41) is 0.482. The molecule has 2 aromatic carbocycles. The summed E-state index contributed by atoms with van der Waals surface area (Å²) in [6.07, 6.45) is 1.59. The Morgan fingerprint density at radius 2 is 1.86 bits per heavy atom. The number of amides is 1. The molecule has 1 amide bonds. The molecule has 1 aliphatic heterocycles. The maximum atomic E-state index is 14.6. The van der Waals surface area contributed by atoms with Crippen molar-refractivity contribution in [3.05, 3.63) is 64.8 Å². The number of nitrogens with zero attached hydrogens (tertiary/aromatic N) is 1. The molecule has 0 atom stereocenters. The largest absolute Gasteiger partial charge is 0.489 e. The zero-order chi connectivity index (χ0) is 18.8. The van der Waals surface area contributed by atoms with Crippen LogP contribution in [0.25, 0.3) is 10.1 Å².